The molecule has 2 aromatic rings. The van der Waals surface area contributed by atoms with Crippen LogP contribution >= 0.6 is 0 Å². The van der Waals surface area contributed by atoms with Gasteiger partial charge in [-0.05, 0) is 50.5 Å². The Morgan fingerprint density at radius 2 is 2.10 bits per heavy atom. The fourth-order valence-electron chi connectivity index (χ4n) is 3.68. The molecule has 158 valence electrons. The highest BCUT2D eigenvalue weighted by Crippen LogP contribution is 2.26. The molecule has 0 bridgehead atoms. The minimum atomic E-state index is -0.857. The fourth-order valence-corrected chi connectivity index (χ4v) is 3.68. The van der Waals surface area contributed by atoms with Gasteiger partial charge in [-0.2, -0.15) is 0 Å². The van der Waals surface area contributed by atoms with E-state index in [2.05, 4.69) is 26.5 Å². The SMILES string of the molecule is Cc1cc(CN2CCN(C(=O)O)[C@@H](C)C2)c(C)c(Nc2nnc(C[C@@H](C)O)o2)c1. The van der Waals surface area contributed by atoms with E-state index >= 15 is 0 Å². The molecule has 1 aliphatic rings. The van der Waals surface area contributed by atoms with Crippen LogP contribution in [0.15, 0.2) is 16.5 Å². The first-order chi connectivity index (χ1) is 13.7. The number of nitrogens with zero attached hydrogens (tertiary/aromatic N) is 4. The summed E-state index contributed by atoms with van der Waals surface area (Å²) < 4.78 is 5.57. The third-order valence-electron chi connectivity index (χ3n) is 5.19. The van der Waals surface area contributed by atoms with Crippen molar-refractivity contribution >= 4 is 17.8 Å². The van der Waals surface area contributed by atoms with Crippen LogP contribution in [0.2, 0.25) is 0 Å². The van der Waals surface area contributed by atoms with Gasteiger partial charge in [-0.3, -0.25) is 4.90 Å². The number of aromatic nitrogens is 2. The van der Waals surface area contributed by atoms with Crippen molar-refractivity contribution in [1.82, 2.24) is 20.0 Å². The van der Waals surface area contributed by atoms with Crippen LogP contribution in [0.5, 0.6) is 0 Å². The molecule has 0 unspecified atom stereocenters. The van der Waals surface area contributed by atoms with E-state index in [0.29, 0.717) is 38.0 Å². The van der Waals surface area contributed by atoms with E-state index in [-0.39, 0.29) is 6.04 Å². The van der Waals surface area contributed by atoms with Gasteiger partial charge < -0.3 is 24.8 Å². The maximum Gasteiger partial charge on any atom is 0.407 e. The molecule has 1 aromatic carbocycles. The summed E-state index contributed by atoms with van der Waals surface area (Å²) >= 11 is 0. The number of rotatable bonds is 6. The van der Waals surface area contributed by atoms with Crippen molar-refractivity contribution in [3.8, 4) is 0 Å². The van der Waals surface area contributed by atoms with Gasteiger partial charge >= 0.3 is 12.1 Å². The molecule has 2 heterocycles. The average Bonchev–Trinajstić information content (AvgIpc) is 3.05. The van der Waals surface area contributed by atoms with Crippen molar-refractivity contribution in [3.05, 3.63) is 34.7 Å². The maximum absolute atomic E-state index is 11.3. The van der Waals surface area contributed by atoms with Crippen LogP contribution in [0.3, 0.4) is 0 Å². The summed E-state index contributed by atoms with van der Waals surface area (Å²) in [6, 6.07) is 4.45. The molecule has 0 radical (unpaired) electrons. The first-order valence-corrected chi connectivity index (χ1v) is 9.82. The fraction of sp³-hybridized carbons (Fsp3) is 0.550. The topological polar surface area (TPSA) is 115 Å². The molecular formula is C20H29N5O4. The highest BCUT2D eigenvalue weighted by molar-refractivity contribution is 5.65. The van der Waals surface area contributed by atoms with Gasteiger partial charge in [0.05, 0.1) is 12.5 Å². The molecule has 0 aliphatic carbocycles. The summed E-state index contributed by atoms with van der Waals surface area (Å²) in [5, 5.41) is 29.9. The van der Waals surface area contributed by atoms with Crippen molar-refractivity contribution in [2.45, 2.75) is 52.8 Å². The van der Waals surface area contributed by atoms with Gasteiger partial charge in [0.1, 0.15) is 0 Å². The lowest BCUT2D eigenvalue weighted by molar-refractivity contribution is 0.0710. The van der Waals surface area contributed by atoms with E-state index in [4.69, 9.17) is 4.42 Å². The third-order valence-corrected chi connectivity index (χ3v) is 5.19. The summed E-state index contributed by atoms with van der Waals surface area (Å²) in [5.41, 5.74) is 4.25. The van der Waals surface area contributed by atoms with Gasteiger partial charge in [0.2, 0.25) is 5.89 Å². The normalized spacial score (nSPS) is 18.7. The van der Waals surface area contributed by atoms with E-state index in [1.807, 2.05) is 26.8 Å². The molecule has 1 aliphatic heterocycles. The number of carboxylic acid groups (broad SMARTS) is 1. The van der Waals surface area contributed by atoms with Gasteiger partial charge in [0, 0.05) is 37.9 Å². The number of aliphatic hydroxyl groups is 1. The van der Waals surface area contributed by atoms with Crippen LogP contribution in [0, 0.1) is 13.8 Å². The van der Waals surface area contributed by atoms with Crippen LogP contribution in [-0.4, -0.2) is 68.1 Å². The number of nitrogens with one attached hydrogen (secondary N) is 1. The zero-order chi connectivity index (χ0) is 21.1. The number of piperazine rings is 1. The second-order valence-electron chi connectivity index (χ2n) is 7.84. The summed E-state index contributed by atoms with van der Waals surface area (Å²) in [6.45, 7) is 10.4. The molecule has 0 spiro atoms. The lowest BCUT2D eigenvalue weighted by Gasteiger charge is -2.38. The van der Waals surface area contributed by atoms with Gasteiger partial charge in [-0.25, -0.2) is 4.79 Å². The zero-order valence-corrected chi connectivity index (χ0v) is 17.3. The lowest BCUT2D eigenvalue weighted by atomic mass is 10.0. The number of aliphatic hydroxyl groups excluding tert-OH is 1. The number of hydrogen-bond donors (Lipinski definition) is 3. The van der Waals surface area contributed by atoms with Crippen molar-refractivity contribution in [3.63, 3.8) is 0 Å². The summed E-state index contributed by atoms with van der Waals surface area (Å²) in [7, 11) is 0. The molecule has 0 saturated carbocycles. The molecule has 9 nitrogen and oxygen atoms in total. The first kappa shape index (κ1) is 21.1. The molecule has 1 aromatic heterocycles. The molecule has 29 heavy (non-hydrogen) atoms. The standard InChI is InChI=1S/C20H29N5O4/c1-12-7-16(11-24-5-6-25(20(27)28)13(2)10-24)15(4)17(8-12)21-19-23-22-18(29-19)9-14(3)26/h7-8,13-14,26H,5-6,9-11H2,1-4H3,(H,21,23)(H,27,28)/t13-,14+/m0/s1. The quantitative estimate of drug-likeness (QED) is 0.674. The Bertz CT molecular complexity index is 867. The largest absolute Gasteiger partial charge is 0.465 e. The van der Waals surface area contributed by atoms with Crippen molar-refractivity contribution in [2.75, 3.05) is 25.0 Å². The van der Waals surface area contributed by atoms with Crippen molar-refractivity contribution in [1.29, 1.82) is 0 Å². The van der Waals surface area contributed by atoms with Crippen LogP contribution in [-0.2, 0) is 13.0 Å². The van der Waals surface area contributed by atoms with E-state index in [1.165, 1.54) is 10.5 Å². The minimum Gasteiger partial charge on any atom is -0.465 e. The summed E-state index contributed by atoms with van der Waals surface area (Å²) in [6.07, 6.45) is -1.09. The molecule has 1 amide bonds. The third kappa shape index (κ3) is 5.24. The van der Waals surface area contributed by atoms with Gasteiger partial charge in [0.15, 0.2) is 0 Å². The number of benzene rings is 1. The molecule has 9 heteroatoms. The van der Waals surface area contributed by atoms with Crippen LogP contribution in [0.1, 0.15) is 36.4 Å². The summed E-state index contributed by atoms with van der Waals surface area (Å²) in [4.78, 5) is 15.0. The van der Waals surface area contributed by atoms with E-state index < -0.39 is 12.2 Å². The molecule has 1 saturated heterocycles. The predicted octanol–water partition coefficient (Wildman–Crippen LogP) is 2.54. The van der Waals surface area contributed by atoms with Crippen LogP contribution in [0.4, 0.5) is 16.5 Å². The summed E-state index contributed by atoms with van der Waals surface area (Å²) in [5.74, 6) is 0.387. The molecule has 3 rings (SSSR count). The Morgan fingerprint density at radius 3 is 2.76 bits per heavy atom. The van der Waals surface area contributed by atoms with Gasteiger partial charge in [-0.15, -0.1) is 5.10 Å². The molecule has 1 fully saturated rings. The number of hydrogen-bond acceptors (Lipinski definition) is 7. The monoisotopic (exact) mass is 403 g/mol. The van der Waals surface area contributed by atoms with Gasteiger partial charge in [-0.1, -0.05) is 11.2 Å². The minimum absolute atomic E-state index is 0.0327. The lowest BCUT2D eigenvalue weighted by Crippen LogP contribution is -2.53. The van der Waals surface area contributed by atoms with E-state index in [1.54, 1.807) is 6.92 Å². The number of amides is 1. The Morgan fingerprint density at radius 1 is 1.34 bits per heavy atom. The van der Waals surface area contributed by atoms with E-state index in [9.17, 15) is 15.0 Å². The zero-order valence-electron chi connectivity index (χ0n) is 17.3. The van der Waals surface area contributed by atoms with Crippen molar-refractivity contribution < 1.29 is 19.4 Å². The van der Waals surface area contributed by atoms with Crippen LogP contribution in [0.25, 0.3) is 0 Å². The highest BCUT2D eigenvalue weighted by Gasteiger charge is 2.27. The first-order valence-electron chi connectivity index (χ1n) is 9.82. The Balaban J connectivity index is 1.72. The maximum atomic E-state index is 11.3. The molecule has 2 atom stereocenters. The Kier molecular flexibility index (Phi) is 6.39. The van der Waals surface area contributed by atoms with E-state index in [0.717, 1.165) is 23.4 Å². The highest BCUT2D eigenvalue weighted by atomic mass is 16.4. The second kappa shape index (κ2) is 8.79. The average molecular weight is 403 g/mol. The van der Waals surface area contributed by atoms with Crippen molar-refractivity contribution in [2.24, 2.45) is 0 Å². The Labute approximate surface area is 170 Å². The number of aryl methyl sites for hydroxylation is 1. The molecular weight excluding hydrogens is 374 g/mol. The Hall–Kier alpha value is -2.65. The number of carbonyl (C=O) groups is 1. The second-order valence-corrected chi connectivity index (χ2v) is 7.84. The van der Waals surface area contributed by atoms with Gasteiger partial charge in [0.25, 0.3) is 0 Å². The number of anilines is 2. The predicted molar refractivity (Wildman–Crippen MR) is 108 cm³/mol. The van der Waals surface area contributed by atoms with Crippen LogP contribution < -0.4 is 5.32 Å². The smallest absolute Gasteiger partial charge is 0.407 e. The molecule has 3 N–H and O–H groups in total.